The SMILES string of the molecule is COc1ccc(CSc2c(C)cccc2C)cc1. The van der Waals surface area contributed by atoms with Crippen LogP contribution in [-0.4, -0.2) is 7.11 Å². The lowest BCUT2D eigenvalue weighted by molar-refractivity contribution is 0.414. The fourth-order valence-electron chi connectivity index (χ4n) is 1.90. The number of hydrogen-bond acceptors (Lipinski definition) is 2. The summed E-state index contributed by atoms with van der Waals surface area (Å²) in [6, 6.07) is 14.7. The Morgan fingerprint density at radius 2 is 1.56 bits per heavy atom. The van der Waals surface area contributed by atoms with Crippen LogP contribution in [0.3, 0.4) is 0 Å². The van der Waals surface area contributed by atoms with Gasteiger partial charge in [0.25, 0.3) is 0 Å². The van der Waals surface area contributed by atoms with E-state index in [-0.39, 0.29) is 0 Å². The van der Waals surface area contributed by atoms with Gasteiger partial charge in [-0.2, -0.15) is 0 Å². The maximum atomic E-state index is 5.16. The number of hydrogen-bond donors (Lipinski definition) is 0. The molecule has 0 aliphatic rings. The van der Waals surface area contributed by atoms with Crippen molar-refractivity contribution < 1.29 is 4.74 Å². The third-order valence-electron chi connectivity index (χ3n) is 2.95. The fourth-order valence-corrected chi connectivity index (χ4v) is 3.00. The van der Waals surface area contributed by atoms with Crippen molar-refractivity contribution in [2.75, 3.05) is 7.11 Å². The Labute approximate surface area is 113 Å². The molecule has 0 spiro atoms. The van der Waals surface area contributed by atoms with Crippen molar-refractivity contribution >= 4 is 11.8 Å². The molecule has 0 amide bonds. The summed E-state index contributed by atoms with van der Waals surface area (Å²) in [5.74, 6) is 1.91. The number of rotatable bonds is 4. The molecule has 0 radical (unpaired) electrons. The maximum Gasteiger partial charge on any atom is 0.118 e. The van der Waals surface area contributed by atoms with E-state index in [0.717, 1.165) is 11.5 Å². The van der Waals surface area contributed by atoms with Crippen LogP contribution in [0.5, 0.6) is 5.75 Å². The highest BCUT2D eigenvalue weighted by molar-refractivity contribution is 7.98. The first kappa shape index (κ1) is 13.0. The van der Waals surface area contributed by atoms with Gasteiger partial charge in [0.05, 0.1) is 7.11 Å². The number of methoxy groups -OCH3 is 1. The summed E-state index contributed by atoms with van der Waals surface area (Å²) in [7, 11) is 1.69. The molecule has 2 aromatic carbocycles. The third kappa shape index (κ3) is 3.08. The first-order valence-corrected chi connectivity index (χ1v) is 7.01. The molecule has 94 valence electrons. The third-order valence-corrected chi connectivity index (χ3v) is 4.36. The van der Waals surface area contributed by atoms with Gasteiger partial charge in [-0.3, -0.25) is 0 Å². The molecule has 2 aromatic rings. The Bertz CT molecular complexity index is 497. The highest BCUT2D eigenvalue weighted by Crippen LogP contribution is 2.29. The predicted molar refractivity (Wildman–Crippen MR) is 78.5 cm³/mol. The van der Waals surface area contributed by atoms with E-state index in [1.54, 1.807) is 7.11 Å². The Balaban J connectivity index is 2.06. The van der Waals surface area contributed by atoms with Crippen LogP contribution < -0.4 is 4.74 Å². The molecular formula is C16H18OS. The summed E-state index contributed by atoms with van der Waals surface area (Å²) in [5.41, 5.74) is 4.03. The van der Waals surface area contributed by atoms with Crippen molar-refractivity contribution in [1.82, 2.24) is 0 Å². The minimum Gasteiger partial charge on any atom is -0.497 e. The predicted octanol–water partition coefficient (Wildman–Crippen LogP) is 4.60. The fraction of sp³-hybridized carbons (Fsp3) is 0.250. The van der Waals surface area contributed by atoms with Crippen molar-refractivity contribution in [1.29, 1.82) is 0 Å². The van der Waals surface area contributed by atoms with Gasteiger partial charge in [0.2, 0.25) is 0 Å². The Morgan fingerprint density at radius 1 is 0.944 bits per heavy atom. The van der Waals surface area contributed by atoms with Gasteiger partial charge in [-0.1, -0.05) is 30.3 Å². The van der Waals surface area contributed by atoms with E-state index in [0.29, 0.717) is 0 Å². The number of thioether (sulfide) groups is 1. The van der Waals surface area contributed by atoms with Crippen LogP contribution in [0.1, 0.15) is 16.7 Å². The molecular weight excluding hydrogens is 240 g/mol. The number of aryl methyl sites for hydroxylation is 2. The molecule has 0 unspecified atom stereocenters. The van der Waals surface area contributed by atoms with Gasteiger partial charge in [0, 0.05) is 10.6 Å². The van der Waals surface area contributed by atoms with E-state index in [4.69, 9.17) is 4.74 Å². The normalized spacial score (nSPS) is 10.4. The van der Waals surface area contributed by atoms with Crippen LogP contribution in [0.2, 0.25) is 0 Å². The quantitative estimate of drug-likeness (QED) is 0.741. The molecule has 0 saturated heterocycles. The van der Waals surface area contributed by atoms with E-state index >= 15 is 0 Å². The smallest absolute Gasteiger partial charge is 0.118 e. The van der Waals surface area contributed by atoms with Gasteiger partial charge < -0.3 is 4.74 Å². The second-order valence-electron chi connectivity index (χ2n) is 4.36. The van der Waals surface area contributed by atoms with Crippen molar-refractivity contribution in [3.63, 3.8) is 0 Å². The second kappa shape index (κ2) is 5.96. The molecule has 0 fully saturated rings. The summed E-state index contributed by atoms with van der Waals surface area (Å²) in [5, 5.41) is 0. The van der Waals surface area contributed by atoms with Gasteiger partial charge in [0.15, 0.2) is 0 Å². The van der Waals surface area contributed by atoms with Gasteiger partial charge in [-0.05, 0) is 42.7 Å². The van der Waals surface area contributed by atoms with Crippen LogP contribution in [0, 0.1) is 13.8 Å². The van der Waals surface area contributed by atoms with Crippen molar-refractivity contribution in [3.8, 4) is 5.75 Å². The molecule has 18 heavy (non-hydrogen) atoms. The molecule has 2 rings (SSSR count). The summed E-state index contributed by atoms with van der Waals surface area (Å²) in [6.07, 6.45) is 0. The lowest BCUT2D eigenvalue weighted by Gasteiger charge is -2.09. The van der Waals surface area contributed by atoms with Gasteiger partial charge in [-0.25, -0.2) is 0 Å². The van der Waals surface area contributed by atoms with Crippen LogP contribution in [-0.2, 0) is 5.75 Å². The molecule has 0 saturated carbocycles. The summed E-state index contributed by atoms with van der Waals surface area (Å²) in [4.78, 5) is 1.40. The maximum absolute atomic E-state index is 5.16. The molecule has 0 bridgehead atoms. The molecule has 0 aromatic heterocycles. The van der Waals surface area contributed by atoms with E-state index < -0.39 is 0 Å². The highest BCUT2D eigenvalue weighted by Gasteiger charge is 2.03. The van der Waals surface area contributed by atoms with E-state index in [2.05, 4.69) is 44.2 Å². The van der Waals surface area contributed by atoms with E-state index in [1.165, 1.54) is 21.6 Å². The first-order valence-electron chi connectivity index (χ1n) is 6.02. The van der Waals surface area contributed by atoms with Crippen molar-refractivity contribution in [2.45, 2.75) is 24.5 Å². The van der Waals surface area contributed by atoms with E-state index in [9.17, 15) is 0 Å². The zero-order chi connectivity index (χ0) is 13.0. The minimum atomic E-state index is 0.913. The van der Waals surface area contributed by atoms with Crippen LogP contribution in [0.4, 0.5) is 0 Å². The molecule has 0 N–H and O–H groups in total. The van der Waals surface area contributed by atoms with E-state index in [1.807, 2.05) is 23.9 Å². The largest absolute Gasteiger partial charge is 0.497 e. The Kier molecular flexibility index (Phi) is 4.32. The van der Waals surface area contributed by atoms with Crippen LogP contribution >= 0.6 is 11.8 Å². The minimum absolute atomic E-state index is 0.913. The molecule has 0 heterocycles. The standard InChI is InChI=1S/C16H18OS/c1-12-5-4-6-13(2)16(12)18-11-14-7-9-15(17-3)10-8-14/h4-10H,11H2,1-3H3. The number of ether oxygens (including phenoxy) is 1. The van der Waals surface area contributed by atoms with Crippen LogP contribution in [0.25, 0.3) is 0 Å². The highest BCUT2D eigenvalue weighted by atomic mass is 32.2. The van der Waals surface area contributed by atoms with Gasteiger partial charge in [0.1, 0.15) is 5.75 Å². The summed E-state index contributed by atoms with van der Waals surface area (Å²) < 4.78 is 5.16. The zero-order valence-corrected chi connectivity index (χ0v) is 11.9. The molecule has 0 aliphatic heterocycles. The second-order valence-corrected chi connectivity index (χ2v) is 5.34. The molecule has 1 nitrogen and oxygen atoms in total. The summed E-state index contributed by atoms with van der Waals surface area (Å²) in [6.45, 7) is 4.34. The van der Waals surface area contributed by atoms with Gasteiger partial charge >= 0.3 is 0 Å². The lowest BCUT2D eigenvalue weighted by atomic mass is 10.2. The average molecular weight is 258 g/mol. The van der Waals surface area contributed by atoms with Crippen molar-refractivity contribution in [3.05, 3.63) is 59.2 Å². The van der Waals surface area contributed by atoms with Gasteiger partial charge in [-0.15, -0.1) is 11.8 Å². The average Bonchev–Trinajstić information content (AvgIpc) is 2.39. The molecule has 0 atom stereocenters. The molecule has 0 aliphatic carbocycles. The molecule has 2 heteroatoms. The Morgan fingerprint density at radius 3 is 2.11 bits per heavy atom. The monoisotopic (exact) mass is 258 g/mol. The lowest BCUT2D eigenvalue weighted by Crippen LogP contribution is -1.87. The number of benzene rings is 2. The van der Waals surface area contributed by atoms with Crippen LogP contribution in [0.15, 0.2) is 47.4 Å². The topological polar surface area (TPSA) is 9.23 Å². The zero-order valence-electron chi connectivity index (χ0n) is 11.1. The Hall–Kier alpha value is -1.41. The van der Waals surface area contributed by atoms with Crippen molar-refractivity contribution in [2.24, 2.45) is 0 Å². The summed E-state index contributed by atoms with van der Waals surface area (Å²) >= 11 is 1.90. The first-order chi connectivity index (χ1) is 8.70.